The summed E-state index contributed by atoms with van der Waals surface area (Å²) < 4.78 is 5.55. The van der Waals surface area contributed by atoms with Crippen LogP contribution in [0, 0.1) is 5.92 Å². The Labute approximate surface area is 111 Å². The number of carbonyl (C=O) groups is 2. The van der Waals surface area contributed by atoms with Gasteiger partial charge in [-0.25, -0.2) is 0 Å². The van der Waals surface area contributed by atoms with Crippen molar-refractivity contribution in [3.63, 3.8) is 0 Å². The Bertz CT molecular complexity index is 498. The molecule has 0 aliphatic carbocycles. The van der Waals surface area contributed by atoms with Crippen LogP contribution in [0.4, 0.5) is 5.69 Å². The van der Waals surface area contributed by atoms with E-state index in [0.717, 1.165) is 5.56 Å². The highest BCUT2D eigenvalue weighted by Crippen LogP contribution is 2.29. The van der Waals surface area contributed by atoms with Crippen LogP contribution in [0.1, 0.15) is 25.3 Å². The molecular weight excluding hydrogens is 246 g/mol. The van der Waals surface area contributed by atoms with E-state index >= 15 is 0 Å². The molecule has 1 aliphatic rings. The van der Waals surface area contributed by atoms with E-state index in [1.165, 1.54) is 0 Å². The maximum absolute atomic E-state index is 11.7. The molecule has 0 saturated carbocycles. The highest BCUT2D eigenvalue weighted by Gasteiger charge is 2.20. The van der Waals surface area contributed by atoms with Gasteiger partial charge in [-0.15, -0.1) is 0 Å². The van der Waals surface area contributed by atoms with Crippen LogP contribution in [0.5, 0.6) is 5.75 Å². The molecule has 1 aromatic rings. The molecule has 5 nitrogen and oxygen atoms in total. The van der Waals surface area contributed by atoms with Gasteiger partial charge in [0.25, 0.3) is 0 Å². The third-order valence-electron chi connectivity index (χ3n) is 3.09. The van der Waals surface area contributed by atoms with E-state index in [-0.39, 0.29) is 18.2 Å². The van der Waals surface area contributed by atoms with E-state index < -0.39 is 5.97 Å². The lowest BCUT2D eigenvalue weighted by atomic mass is 10.1. The van der Waals surface area contributed by atoms with E-state index in [4.69, 9.17) is 9.84 Å². The lowest BCUT2D eigenvalue weighted by Crippen LogP contribution is -2.22. The van der Waals surface area contributed by atoms with E-state index in [2.05, 4.69) is 5.32 Å². The SMILES string of the molecule is CC1COc2ccc(CCCC(=O)O)cc2NC1=O. The fraction of sp³-hybridized carbons (Fsp3) is 0.429. The largest absolute Gasteiger partial charge is 0.491 e. The number of anilines is 1. The Kier molecular flexibility index (Phi) is 4.04. The zero-order chi connectivity index (χ0) is 13.8. The average molecular weight is 263 g/mol. The first kappa shape index (κ1) is 13.4. The molecule has 0 spiro atoms. The van der Waals surface area contributed by atoms with Crippen molar-refractivity contribution in [2.24, 2.45) is 5.92 Å². The van der Waals surface area contributed by atoms with Crippen molar-refractivity contribution in [2.75, 3.05) is 11.9 Å². The number of benzene rings is 1. The molecule has 19 heavy (non-hydrogen) atoms. The number of hydrogen-bond acceptors (Lipinski definition) is 3. The van der Waals surface area contributed by atoms with Gasteiger partial charge in [0.2, 0.25) is 5.91 Å². The first-order valence-corrected chi connectivity index (χ1v) is 6.34. The number of aryl methyl sites for hydroxylation is 1. The fourth-order valence-corrected chi connectivity index (χ4v) is 1.95. The third-order valence-corrected chi connectivity index (χ3v) is 3.09. The van der Waals surface area contributed by atoms with Crippen molar-refractivity contribution in [1.82, 2.24) is 0 Å². The number of carboxylic acids is 1. The lowest BCUT2D eigenvalue weighted by molar-refractivity contribution is -0.137. The minimum absolute atomic E-state index is 0.0542. The van der Waals surface area contributed by atoms with Crippen molar-refractivity contribution >= 4 is 17.6 Å². The van der Waals surface area contributed by atoms with Crippen LogP contribution in [-0.4, -0.2) is 23.6 Å². The van der Waals surface area contributed by atoms with Gasteiger partial charge in [-0.1, -0.05) is 13.0 Å². The van der Waals surface area contributed by atoms with Crippen LogP contribution in [0.2, 0.25) is 0 Å². The number of carboxylic acid groups (broad SMARTS) is 1. The fourth-order valence-electron chi connectivity index (χ4n) is 1.95. The molecule has 2 rings (SSSR count). The number of nitrogens with one attached hydrogen (secondary N) is 1. The number of ether oxygens (including phenoxy) is 1. The van der Waals surface area contributed by atoms with Crippen LogP contribution in [0.3, 0.4) is 0 Å². The van der Waals surface area contributed by atoms with Gasteiger partial charge in [0, 0.05) is 6.42 Å². The predicted molar refractivity (Wildman–Crippen MR) is 70.3 cm³/mol. The zero-order valence-electron chi connectivity index (χ0n) is 10.8. The smallest absolute Gasteiger partial charge is 0.303 e. The molecule has 1 atom stereocenters. The maximum atomic E-state index is 11.7. The van der Waals surface area contributed by atoms with Gasteiger partial charge in [-0.3, -0.25) is 9.59 Å². The van der Waals surface area contributed by atoms with E-state index in [9.17, 15) is 9.59 Å². The van der Waals surface area contributed by atoms with Gasteiger partial charge in [-0.05, 0) is 30.5 Å². The van der Waals surface area contributed by atoms with Crippen LogP contribution in [0.15, 0.2) is 18.2 Å². The molecule has 102 valence electrons. The third kappa shape index (κ3) is 3.47. The summed E-state index contributed by atoms with van der Waals surface area (Å²) in [6.45, 7) is 2.19. The van der Waals surface area contributed by atoms with E-state index in [1.54, 1.807) is 0 Å². The predicted octanol–water partition coefficient (Wildman–Crippen LogP) is 2.06. The Morgan fingerprint density at radius 1 is 1.53 bits per heavy atom. The summed E-state index contributed by atoms with van der Waals surface area (Å²) in [4.78, 5) is 22.2. The van der Waals surface area contributed by atoms with E-state index in [1.807, 2.05) is 25.1 Å². The lowest BCUT2D eigenvalue weighted by Gasteiger charge is -2.09. The van der Waals surface area contributed by atoms with Crippen LogP contribution < -0.4 is 10.1 Å². The highest BCUT2D eigenvalue weighted by atomic mass is 16.5. The minimum Gasteiger partial charge on any atom is -0.491 e. The van der Waals surface area contributed by atoms with Crippen molar-refractivity contribution in [1.29, 1.82) is 0 Å². The monoisotopic (exact) mass is 263 g/mol. The second-order valence-electron chi connectivity index (χ2n) is 4.78. The average Bonchev–Trinajstić information content (AvgIpc) is 2.49. The summed E-state index contributed by atoms with van der Waals surface area (Å²) in [5.74, 6) is -0.357. The molecular formula is C14H17NO4. The Balaban J connectivity index is 2.08. The second kappa shape index (κ2) is 5.73. The number of fused-ring (bicyclic) bond motifs is 1. The van der Waals surface area contributed by atoms with Gasteiger partial charge in [0.1, 0.15) is 5.75 Å². The number of carbonyl (C=O) groups excluding carboxylic acids is 1. The summed E-state index contributed by atoms with van der Waals surface area (Å²) in [6.07, 6.45) is 1.40. The maximum Gasteiger partial charge on any atom is 0.303 e. The Morgan fingerprint density at radius 3 is 3.05 bits per heavy atom. The standard InChI is InChI=1S/C14H17NO4/c1-9-8-19-12-6-5-10(3-2-4-13(16)17)7-11(12)15-14(9)18/h5-7,9H,2-4,8H2,1H3,(H,15,18)(H,16,17). The van der Waals surface area contributed by atoms with Crippen molar-refractivity contribution in [3.8, 4) is 5.75 Å². The zero-order valence-corrected chi connectivity index (χ0v) is 10.8. The van der Waals surface area contributed by atoms with Crippen molar-refractivity contribution in [2.45, 2.75) is 26.2 Å². The van der Waals surface area contributed by atoms with Crippen LogP contribution in [0.25, 0.3) is 0 Å². The molecule has 5 heteroatoms. The number of rotatable bonds is 4. The molecule has 1 unspecified atom stereocenters. The summed E-state index contributed by atoms with van der Waals surface area (Å²) in [5.41, 5.74) is 1.67. The summed E-state index contributed by atoms with van der Waals surface area (Å²) in [6, 6.07) is 5.58. The van der Waals surface area contributed by atoms with Gasteiger partial charge in [0.15, 0.2) is 0 Å². The van der Waals surface area contributed by atoms with Crippen molar-refractivity contribution in [3.05, 3.63) is 23.8 Å². The van der Waals surface area contributed by atoms with Gasteiger partial charge in [0.05, 0.1) is 18.2 Å². The molecule has 1 heterocycles. The van der Waals surface area contributed by atoms with E-state index in [0.29, 0.717) is 30.9 Å². The molecule has 0 aromatic heterocycles. The molecule has 0 saturated heterocycles. The topological polar surface area (TPSA) is 75.6 Å². The molecule has 0 radical (unpaired) electrons. The molecule has 0 fully saturated rings. The normalized spacial score (nSPS) is 17.9. The van der Waals surface area contributed by atoms with Gasteiger partial charge in [-0.2, -0.15) is 0 Å². The first-order valence-electron chi connectivity index (χ1n) is 6.34. The Hall–Kier alpha value is -2.04. The minimum atomic E-state index is -0.791. The van der Waals surface area contributed by atoms with Gasteiger partial charge >= 0.3 is 5.97 Å². The van der Waals surface area contributed by atoms with Crippen LogP contribution in [-0.2, 0) is 16.0 Å². The number of amides is 1. The first-order chi connectivity index (χ1) is 9.06. The van der Waals surface area contributed by atoms with Gasteiger partial charge < -0.3 is 15.2 Å². The summed E-state index contributed by atoms with van der Waals surface area (Å²) >= 11 is 0. The number of aliphatic carboxylic acids is 1. The highest BCUT2D eigenvalue weighted by molar-refractivity contribution is 5.94. The number of hydrogen-bond donors (Lipinski definition) is 2. The Morgan fingerprint density at radius 2 is 2.32 bits per heavy atom. The summed E-state index contributed by atoms with van der Waals surface area (Å²) in [5, 5.41) is 11.4. The molecule has 1 aromatic carbocycles. The molecule has 2 N–H and O–H groups in total. The van der Waals surface area contributed by atoms with Crippen LogP contribution >= 0.6 is 0 Å². The summed E-state index contributed by atoms with van der Waals surface area (Å²) in [7, 11) is 0. The molecule has 1 aliphatic heterocycles. The van der Waals surface area contributed by atoms with Crippen molar-refractivity contribution < 1.29 is 19.4 Å². The second-order valence-corrected chi connectivity index (χ2v) is 4.78. The molecule has 0 bridgehead atoms. The quantitative estimate of drug-likeness (QED) is 0.871. The molecule has 1 amide bonds.